The van der Waals surface area contributed by atoms with Crippen molar-refractivity contribution in [3.63, 3.8) is 0 Å². The number of ketones is 4. The third-order valence-electron chi connectivity index (χ3n) is 22.2. The predicted octanol–water partition coefficient (Wildman–Crippen LogP) is 40.5. The molecule has 0 saturated heterocycles. The summed E-state index contributed by atoms with van der Waals surface area (Å²) in [4.78, 5) is 53.8. The summed E-state index contributed by atoms with van der Waals surface area (Å²) in [5.41, 5.74) is 26.0. The number of pyridine rings is 2. The molecule has 2 N–H and O–H groups in total. The minimum Gasteiger partial charge on any atom is -0.487 e. The van der Waals surface area contributed by atoms with Crippen LogP contribution in [0.15, 0.2) is 292 Å². The number of anilines is 2. The SMILES string of the molecule is C.C.C.C.C.C.C.C.C.C.CC.CC.CC.CC.CC.CC.CC.CC.CC(=O)Cc1ccc2ccccc2c1.CC(=O)Cc1cccc2ccccc12.CC(=O)Cc1ccccc1.CC(=O)c1ccccc1.Cc1c(C)c(C)c2c(c1C)CCC(C)(C)O2.Cc1cccc2c(N(C)C)cccc12.Cc1cccc2c1CNCC2.Cc1cccc2c1NCCC2.Cc1cccc2cccnc12.Cc1cccc2ccncc12. The number of ether oxygens (including phenoxy) is 1. The summed E-state index contributed by atoms with van der Waals surface area (Å²) >= 11 is 0. The summed E-state index contributed by atoms with van der Waals surface area (Å²) in [6.45, 7) is 65.6. The number of para-hydroxylation sites is 2. The lowest BCUT2D eigenvalue weighted by Gasteiger charge is -2.35. The summed E-state index contributed by atoms with van der Waals surface area (Å²) in [5.74, 6) is 1.90. The number of carbonyl (C=O) groups excluding carboxylic acids is 4. The summed E-state index contributed by atoms with van der Waals surface area (Å²) in [5, 5.41) is 18.0. The van der Waals surface area contributed by atoms with Gasteiger partial charge in [0.25, 0.3) is 0 Å². The second-order valence-electron chi connectivity index (χ2n) is 32.5. The first-order valence-corrected chi connectivity index (χ1v) is 50.3. The van der Waals surface area contributed by atoms with E-state index in [1.807, 2.05) is 245 Å². The number of nitrogens with one attached hydrogen (secondary N) is 2. The van der Waals surface area contributed by atoms with E-state index in [4.69, 9.17) is 4.74 Å². The highest BCUT2D eigenvalue weighted by atomic mass is 16.5. The van der Waals surface area contributed by atoms with Gasteiger partial charge in [0, 0.05) is 98.1 Å². The Morgan fingerprint density at radius 1 is 0.354 bits per heavy atom. The second-order valence-corrected chi connectivity index (χ2v) is 32.5. The Morgan fingerprint density at radius 2 is 0.796 bits per heavy atom. The van der Waals surface area contributed by atoms with Gasteiger partial charge in [-0.25, -0.2) is 0 Å². The van der Waals surface area contributed by atoms with Gasteiger partial charge in [-0.2, -0.15) is 0 Å². The molecule has 15 aromatic rings. The van der Waals surface area contributed by atoms with Gasteiger partial charge in [0.05, 0.1) is 5.52 Å². The van der Waals surface area contributed by atoms with Crippen LogP contribution in [-0.2, 0) is 59.5 Å². The first-order valence-electron chi connectivity index (χ1n) is 50.3. The molecule has 0 amide bonds. The van der Waals surface area contributed by atoms with Crippen molar-refractivity contribution >= 4 is 88.5 Å². The number of nitrogens with zero attached hydrogens (tertiary/aromatic N) is 3. The minimum atomic E-state index is -0.00804. The Labute approximate surface area is 903 Å². The molecular weight excluding hydrogens is 1800 g/mol. The van der Waals surface area contributed by atoms with E-state index in [1.54, 1.807) is 27.7 Å². The van der Waals surface area contributed by atoms with Crippen LogP contribution in [0.1, 0.15) is 339 Å². The van der Waals surface area contributed by atoms with E-state index in [9.17, 15) is 19.2 Å². The van der Waals surface area contributed by atoms with Crippen LogP contribution < -0.4 is 20.3 Å². The Kier molecular flexibility index (Phi) is 93.4. The molecule has 10 heteroatoms. The average Bonchev–Trinajstić information content (AvgIpc) is 0.763. The highest BCUT2D eigenvalue weighted by Crippen LogP contribution is 2.41. The van der Waals surface area contributed by atoms with Crippen molar-refractivity contribution in [2.45, 2.75) is 352 Å². The standard InChI is InChI=1S/C15H22O.C13H15N.2C13H12O.C10H13N.C10H9N.C10H13N.C10H9N.C9H10O.C8H8O.8C2H6.10CH4/c1-9-10(2)12(4)14-13(11(9)3)7-8-15(5,6)16-14;1-10-6-4-8-12-11(10)7-5-9-13(12)14(2)3;1-10(14)9-12-7-4-6-11-5-2-3-8-13(11)12;1-10(14)8-11-6-7-12-4-2-3-5-13(12)9-11;2*1-8-4-2-5-9-6-3-7-11-10(8)9;2*1-8-3-2-4-9-5-6-11-7-10(8)9;1-8(10)7-9-5-3-2-4-6-9;1-7(9)8-5-3-2-4-6-8;8*1-2;;;;;;;;;;/h7-8H2,1-6H3;4-9H,1-3H3;2-8H,9H2,1H3;2-7,9H,8H2,1H3;2,4-5,11H,3,6-7H2,1H3;2-7H,1H3;2-4,11H,5-7H2,1H3;2-7H,1H3;2-6H,7H2,1H3;2-6H,1H3;8*1-2H3;10*1H4. The molecule has 0 unspecified atom stereocenters. The molecule has 0 fully saturated rings. The van der Waals surface area contributed by atoms with Crippen molar-refractivity contribution in [2.75, 3.05) is 37.4 Å². The monoisotopic (exact) mass is 2010 g/mol. The van der Waals surface area contributed by atoms with Gasteiger partial charge in [-0.1, -0.05) is 440 Å². The van der Waals surface area contributed by atoms with E-state index >= 15 is 0 Å². The van der Waals surface area contributed by atoms with Crippen LogP contribution in [0.5, 0.6) is 5.75 Å². The molecule has 3 aliphatic heterocycles. The largest absolute Gasteiger partial charge is 0.487 e. The van der Waals surface area contributed by atoms with Gasteiger partial charge in [-0.15, -0.1) is 0 Å². The maximum atomic E-state index is 11.1. The van der Waals surface area contributed by atoms with E-state index in [-0.39, 0.29) is 103 Å². The van der Waals surface area contributed by atoms with Gasteiger partial charge >= 0.3 is 0 Å². The second kappa shape index (κ2) is 88.8. The molecule has 10 nitrogen and oxygen atoms in total. The third kappa shape index (κ3) is 53.6. The van der Waals surface area contributed by atoms with Crippen molar-refractivity contribution in [3.05, 3.63) is 386 Å². The Morgan fingerprint density at radius 3 is 1.33 bits per heavy atom. The zero-order valence-corrected chi connectivity index (χ0v) is 90.4. The smallest absolute Gasteiger partial charge is 0.159 e. The van der Waals surface area contributed by atoms with Crippen molar-refractivity contribution in [1.82, 2.24) is 15.3 Å². The molecular formula is C137H211N5O5. The highest BCUT2D eigenvalue weighted by Gasteiger charge is 2.30. The number of hydrogen-bond donors (Lipinski definition) is 2. The topological polar surface area (TPSA) is 131 Å². The molecule has 814 valence electrons. The third-order valence-corrected chi connectivity index (χ3v) is 22.2. The molecule has 0 spiro atoms. The van der Waals surface area contributed by atoms with E-state index in [0.29, 0.717) is 19.3 Å². The van der Waals surface area contributed by atoms with Gasteiger partial charge in [-0.05, 0) is 282 Å². The molecule has 3 aliphatic rings. The highest BCUT2D eigenvalue weighted by molar-refractivity contribution is 5.97. The van der Waals surface area contributed by atoms with E-state index in [1.165, 1.54) is 151 Å². The summed E-state index contributed by atoms with van der Waals surface area (Å²) in [6.07, 6.45) is 13.1. The molecule has 18 rings (SSSR count). The molecule has 0 aliphatic carbocycles. The van der Waals surface area contributed by atoms with Crippen LogP contribution in [-0.4, -0.2) is 65.9 Å². The molecule has 2 aromatic heterocycles. The number of Topliss-reactive ketones (excluding diaryl/α,β-unsaturated/α-hetero) is 4. The van der Waals surface area contributed by atoms with Crippen LogP contribution in [0.2, 0.25) is 0 Å². The Bertz CT molecular complexity index is 5790. The fourth-order valence-corrected chi connectivity index (χ4v) is 15.2. The van der Waals surface area contributed by atoms with Crippen molar-refractivity contribution < 1.29 is 23.9 Å². The maximum absolute atomic E-state index is 11.1. The van der Waals surface area contributed by atoms with Crippen LogP contribution in [0, 0.1) is 62.3 Å². The van der Waals surface area contributed by atoms with Crippen molar-refractivity contribution in [2.24, 2.45) is 0 Å². The van der Waals surface area contributed by atoms with Crippen LogP contribution in [0.4, 0.5) is 11.4 Å². The van der Waals surface area contributed by atoms with Crippen LogP contribution in [0.25, 0.3) is 54.0 Å². The van der Waals surface area contributed by atoms with Gasteiger partial charge in [0.15, 0.2) is 5.78 Å². The van der Waals surface area contributed by atoms with Gasteiger partial charge in [0.1, 0.15) is 28.7 Å². The number of carbonyl (C=O) groups is 4. The molecule has 147 heavy (non-hydrogen) atoms. The molecule has 0 atom stereocenters. The summed E-state index contributed by atoms with van der Waals surface area (Å²) in [7, 11) is 4.16. The quantitative estimate of drug-likeness (QED) is 0.142. The molecule has 0 radical (unpaired) electrons. The van der Waals surface area contributed by atoms with E-state index < -0.39 is 0 Å². The Hall–Kier alpha value is -12.5. The van der Waals surface area contributed by atoms with Crippen molar-refractivity contribution in [3.8, 4) is 5.75 Å². The number of aryl methyl sites for hydroxylation is 6. The van der Waals surface area contributed by atoms with Gasteiger partial charge < -0.3 is 20.3 Å². The lowest BCUT2D eigenvalue weighted by molar-refractivity contribution is -0.117. The average molecular weight is 2010 g/mol. The lowest BCUT2D eigenvalue weighted by atomic mass is 9.86. The van der Waals surface area contributed by atoms with E-state index in [2.05, 4.69) is 273 Å². The number of hydrogen-bond acceptors (Lipinski definition) is 10. The minimum absolute atomic E-state index is 0. The van der Waals surface area contributed by atoms with Crippen LogP contribution in [0.3, 0.4) is 0 Å². The molecule has 0 saturated carbocycles. The Balaban J connectivity index is -0.000000174. The molecule has 13 aromatic carbocycles. The molecule has 0 bridgehead atoms. The van der Waals surface area contributed by atoms with Crippen LogP contribution >= 0.6 is 0 Å². The fraction of sp³-hybridized carbons (Fsp3) is 0.401. The number of benzene rings is 13. The summed E-state index contributed by atoms with van der Waals surface area (Å²) in [6, 6.07) is 92.1. The molecule has 5 heterocycles. The summed E-state index contributed by atoms with van der Waals surface area (Å²) < 4.78 is 6.17. The van der Waals surface area contributed by atoms with Gasteiger partial charge in [0.2, 0.25) is 0 Å². The van der Waals surface area contributed by atoms with Gasteiger partial charge in [-0.3, -0.25) is 29.1 Å². The zero-order valence-electron chi connectivity index (χ0n) is 90.4. The van der Waals surface area contributed by atoms with Crippen molar-refractivity contribution in [1.29, 1.82) is 0 Å². The first-order chi connectivity index (χ1) is 66.2. The predicted molar refractivity (Wildman–Crippen MR) is 671 cm³/mol. The van der Waals surface area contributed by atoms with E-state index in [0.717, 1.165) is 66.0 Å². The maximum Gasteiger partial charge on any atom is 0.159 e. The first kappa shape index (κ1) is 155. The number of rotatable bonds is 8. The number of aromatic nitrogens is 2. The zero-order chi connectivity index (χ0) is 103. The fourth-order valence-electron chi connectivity index (χ4n) is 15.2. The normalized spacial score (nSPS) is 10.3. The number of fused-ring (bicyclic) bond motifs is 8. The lowest BCUT2D eigenvalue weighted by Crippen LogP contribution is -2.33.